The molecular formula is C17H20FN2O3+. The van der Waals surface area contributed by atoms with Crippen molar-refractivity contribution in [2.24, 2.45) is 0 Å². The molecule has 0 aliphatic carbocycles. The number of halogens is 1. The minimum Gasteiger partial charge on any atom is -0.463 e. The molecule has 1 amide bonds. The van der Waals surface area contributed by atoms with Crippen LogP contribution in [0.3, 0.4) is 0 Å². The van der Waals surface area contributed by atoms with Gasteiger partial charge < -0.3 is 19.4 Å². The summed E-state index contributed by atoms with van der Waals surface area (Å²) in [6.07, 6.45) is 1.63. The van der Waals surface area contributed by atoms with Gasteiger partial charge in [-0.15, -0.1) is 0 Å². The molecule has 0 saturated carbocycles. The number of furan rings is 1. The molecule has 2 N–H and O–H groups in total. The number of benzene rings is 1. The Morgan fingerprint density at radius 3 is 2.70 bits per heavy atom. The number of quaternary nitrogens is 1. The summed E-state index contributed by atoms with van der Waals surface area (Å²) >= 11 is 0. The Morgan fingerprint density at radius 2 is 2.00 bits per heavy atom. The lowest BCUT2D eigenvalue weighted by atomic mass is 10.1. The summed E-state index contributed by atoms with van der Waals surface area (Å²) in [4.78, 5) is 13.5. The van der Waals surface area contributed by atoms with Gasteiger partial charge >= 0.3 is 0 Å². The quantitative estimate of drug-likeness (QED) is 0.857. The highest BCUT2D eigenvalue weighted by Gasteiger charge is 2.29. The zero-order chi connectivity index (χ0) is 16.1. The molecule has 5 nitrogen and oxygen atoms in total. The fraction of sp³-hybridized carbons (Fsp3) is 0.353. The Morgan fingerprint density at radius 1 is 1.22 bits per heavy atom. The van der Waals surface area contributed by atoms with Crippen LogP contribution in [0.15, 0.2) is 47.1 Å². The minimum atomic E-state index is -0.515. The molecule has 0 radical (unpaired) electrons. The van der Waals surface area contributed by atoms with E-state index in [0.717, 1.165) is 18.8 Å². The van der Waals surface area contributed by atoms with Gasteiger partial charge in [-0.2, -0.15) is 0 Å². The van der Waals surface area contributed by atoms with Crippen LogP contribution in [0.5, 0.6) is 0 Å². The molecular weight excluding hydrogens is 299 g/mol. The average molecular weight is 319 g/mol. The van der Waals surface area contributed by atoms with Gasteiger partial charge in [0.1, 0.15) is 18.9 Å². The third-order valence-corrected chi connectivity index (χ3v) is 4.10. The van der Waals surface area contributed by atoms with E-state index >= 15 is 0 Å². The minimum absolute atomic E-state index is 0.00961. The van der Waals surface area contributed by atoms with Crippen LogP contribution in [0.25, 0.3) is 0 Å². The summed E-state index contributed by atoms with van der Waals surface area (Å²) in [5.74, 6) is -0.110. The SMILES string of the molecule is O=C(NC[C@@H](c1ccco1)[NH+]1CCOCC1)c1ccccc1F. The van der Waals surface area contributed by atoms with Crippen molar-refractivity contribution in [1.82, 2.24) is 5.32 Å². The number of nitrogens with one attached hydrogen (secondary N) is 2. The Bertz CT molecular complexity index is 639. The number of amides is 1. The first-order valence-corrected chi connectivity index (χ1v) is 7.74. The lowest BCUT2D eigenvalue weighted by Crippen LogP contribution is -3.15. The van der Waals surface area contributed by atoms with Crippen molar-refractivity contribution in [3.63, 3.8) is 0 Å². The van der Waals surface area contributed by atoms with E-state index in [2.05, 4.69) is 5.32 Å². The highest BCUT2D eigenvalue weighted by atomic mass is 19.1. The molecule has 23 heavy (non-hydrogen) atoms. The molecule has 0 unspecified atom stereocenters. The van der Waals surface area contributed by atoms with Crippen molar-refractivity contribution in [1.29, 1.82) is 0 Å². The molecule has 3 rings (SSSR count). The Hall–Kier alpha value is -2.18. The van der Waals surface area contributed by atoms with Crippen molar-refractivity contribution >= 4 is 5.91 Å². The normalized spacial score (nSPS) is 16.9. The van der Waals surface area contributed by atoms with Crippen LogP contribution in [0.4, 0.5) is 4.39 Å². The van der Waals surface area contributed by atoms with Crippen LogP contribution in [-0.4, -0.2) is 38.8 Å². The zero-order valence-corrected chi connectivity index (χ0v) is 12.8. The van der Waals surface area contributed by atoms with Gasteiger partial charge in [-0.3, -0.25) is 4.79 Å². The third-order valence-electron chi connectivity index (χ3n) is 4.10. The average Bonchev–Trinajstić information content (AvgIpc) is 3.10. The van der Waals surface area contributed by atoms with Crippen molar-refractivity contribution < 1.29 is 23.2 Å². The van der Waals surface area contributed by atoms with Crippen molar-refractivity contribution in [2.75, 3.05) is 32.8 Å². The first-order chi connectivity index (χ1) is 11.3. The fourth-order valence-electron chi connectivity index (χ4n) is 2.85. The lowest BCUT2D eigenvalue weighted by Gasteiger charge is -2.30. The van der Waals surface area contributed by atoms with Gasteiger partial charge in [0, 0.05) is 0 Å². The second-order valence-electron chi connectivity index (χ2n) is 5.53. The second-order valence-corrected chi connectivity index (χ2v) is 5.53. The van der Waals surface area contributed by atoms with Crippen LogP contribution >= 0.6 is 0 Å². The van der Waals surface area contributed by atoms with E-state index in [-0.39, 0.29) is 11.6 Å². The maximum Gasteiger partial charge on any atom is 0.254 e. The number of carbonyl (C=O) groups is 1. The van der Waals surface area contributed by atoms with Gasteiger partial charge in [0.05, 0.1) is 31.6 Å². The van der Waals surface area contributed by atoms with E-state index in [1.807, 2.05) is 12.1 Å². The highest BCUT2D eigenvalue weighted by Crippen LogP contribution is 2.11. The standard InChI is InChI=1S/C17H19FN2O3/c18-14-5-2-1-4-13(14)17(21)19-12-15(16-6-3-9-23-16)20-7-10-22-11-8-20/h1-6,9,15H,7-8,10-12H2,(H,19,21)/p+1/t15-/m0/s1. The lowest BCUT2D eigenvalue weighted by molar-refractivity contribution is -0.938. The number of hydrogen-bond donors (Lipinski definition) is 2. The van der Waals surface area contributed by atoms with Gasteiger partial charge in [0.25, 0.3) is 5.91 Å². The topological polar surface area (TPSA) is 55.9 Å². The highest BCUT2D eigenvalue weighted by molar-refractivity contribution is 5.94. The first kappa shape index (κ1) is 15.7. The van der Waals surface area contributed by atoms with Gasteiger partial charge in [-0.25, -0.2) is 4.39 Å². The number of ether oxygens (including phenoxy) is 1. The van der Waals surface area contributed by atoms with Crippen LogP contribution in [0, 0.1) is 5.82 Å². The first-order valence-electron chi connectivity index (χ1n) is 7.74. The molecule has 1 aromatic heterocycles. The van der Waals surface area contributed by atoms with Crippen molar-refractivity contribution in [3.8, 4) is 0 Å². The third kappa shape index (κ3) is 3.78. The molecule has 1 atom stereocenters. The summed E-state index contributed by atoms with van der Waals surface area (Å²) in [5, 5.41) is 2.82. The van der Waals surface area contributed by atoms with E-state index in [9.17, 15) is 9.18 Å². The monoisotopic (exact) mass is 319 g/mol. The Kier molecular flexibility index (Phi) is 5.05. The number of carbonyl (C=O) groups excluding carboxylic acids is 1. The molecule has 0 bridgehead atoms. The molecule has 2 aromatic rings. The van der Waals surface area contributed by atoms with E-state index < -0.39 is 11.7 Å². The number of rotatable bonds is 5. The second kappa shape index (κ2) is 7.39. The van der Waals surface area contributed by atoms with Crippen LogP contribution in [0.1, 0.15) is 22.2 Å². The van der Waals surface area contributed by atoms with Crippen LogP contribution in [0.2, 0.25) is 0 Å². The van der Waals surface area contributed by atoms with Gasteiger partial charge in [-0.05, 0) is 24.3 Å². The molecule has 2 heterocycles. The van der Waals surface area contributed by atoms with Crippen LogP contribution in [-0.2, 0) is 4.74 Å². The van der Waals surface area contributed by atoms with Crippen molar-refractivity contribution in [2.45, 2.75) is 6.04 Å². The number of morpholine rings is 1. The van der Waals surface area contributed by atoms with Gasteiger partial charge in [-0.1, -0.05) is 12.1 Å². The molecule has 122 valence electrons. The smallest absolute Gasteiger partial charge is 0.254 e. The molecule has 1 fully saturated rings. The van der Waals surface area contributed by atoms with Gasteiger partial charge in [0.15, 0.2) is 11.8 Å². The predicted octanol–water partition coefficient (Wildman–Crippen LogP) is 0.805. The Balaban J connectivity index is 1.69. The van der Waals surface area contributed by atoms with Crippen molar-refractivity contribution in [3.05, 3.63) is 59.8 Å². The summed E-state index contributed by atoms with van der Waals surface area (Å²) in [7, 11) is 0. The molecule has 0 spiro atoms. The van der Waals surface area contributed by atoms with Crippen LogP contribution < -0.4 is 10.2 Å². The summed E-state index contributed by atoms with van der Waals surface area (Å²) in [6, 6.07) is 9.71. The number of hydrogen-bond acceptors (Lipinski definition) is 3. The van der Waals surface area contributed by atoms with E-state index in [0.29, 0.717) is 19.8 Å². The predicted molar refractivity (Wildman–Crippen MR) is 81.7 cm³/mol. The molecule has 1 aromatic carbocycles. The Labute approximate surface area is 134 Å². The maximum atomic E-state index is 13.7. The van der Waals surface area contributed by atoms with E-state index in [1.54, 1.807) is 18.4 Å². The summed E-state index contributed by atoms with van der Waals surface area (Å²) in [5.41, 5.74) is 0.0580. The van der Waals surface area contributed by atoms with E-state index in [1.165, 1.54) is 17.0 Å². The largest absolute Gasteiger partial charge is 0.463 e. The summed E-state index contributed by atoms with van der Waals surface area (Å²) in [6.45, 7) is 3.46. The molecule has 1 aliphatic heterocycles. The molecule has 6 heteroatoms. The summed E-state index contributed by atoms with van der Waals surface area (Å²) < 4.78 is 24.6. The van der Waals surface area contributed by atoms with E-state index in [4.69, 9.17) is 9.15 Å². The zero-order valence-electron chi connectivity index (χ0n) is 12.8. The molecule has 1 aliphatic rings. The molecule has 1 saturated heterocycles. The maximum absolute atomic E-state index is 13.7. The van der Waals surface area contributed by atoms with Gasteiger partial charge in [0.2, 0.25) is 0 Å². The fourth-order valence-corrected chi connectivity index (χ4v) is 2.85.